The van der Waals surface area contributed by atoms with E-state index in [-0.39, 0.29) is 18.1 Å². The second kappa shape index (κ2) is 6.51. The molecule has 0 aliphatic carbocycles. The molecule has 0 saturated carbocycles. The Balaban J connectivity index is 2.07. The standard InChI is InChI=1S/C20H15FN2O/c1-14-10-17(12-22)20(16-8-5-9-18(21)11-16)23(14)13-19(24)15-6-3-2-4-7-15/h2-11H,13H2,1H3. The summed E-state index contributed by atoms with van der Waals surface area (Å²) in [6, 6.07) is 18.9. The van der Waals surface area contributed by atoms with Crippen molar-refractivity contribution in [3.05, 3.63) is 83.3 Å². The highest BCUT2D eigenvalue weighted by Gasteiger charge is 2.18. The van der Waals surface area contributed by atoms with Crippen molar-refractivity contribution in [3.8, 4) is 17.3 Å². The van der Waals surface area contributed by atoms with Gasteiger partial charge in [-0.3, -0.25) is 4.79 Å². The zero-order valence-electron chi connectivity index (χ0n) is 13.2. The third-order valence-corrected chi connectivity index (χ3v) is 3.92. The van der Waals surface area contributed by atoms with Gasteiger partial charge in [0.25, 0.3) is 0 Å². The number of hydrogen-bond donors (Lipinski definition) is 0. The zero-order valence-corrected chi connectivity index (χ0v) is 13.2. The number of ketones is 1. The van der Waals surface area contributed by atoms with E-state index in [1.165, 1.54) is 12.1 Å². The third kappa shape index (κ3) is 2.97. The molecule has 0 N–H and O–H groups in total. The molecule has 1 heterocycles. The molecular weight excluding hydrogens is 303 g/mol. The Hall–Kier alpha value is -3.19. The molecule has 0 aliphatic rings. The number of aryl methyl sites for hydroxylation is 1. The number of halogens is 1. The van der Waals surface area contributed by atoms with Crippen LogP contribution in [0.1, 0.15) is 21.6 Å². The van der Waals surface area contributed by atoms with Gasteiger partial charge in [-0.1, -0.05) is 42.5 Å². The van der Waals surface area contributed by atoms with Gasteiger partial charge in [0.15, 0.2) is 5.78 Å². The summed E-state index contributed by atoms with van der Waals surface area (Å²) >= 11 is 0. The molecular formula is C20H15FN2O. The first-order valence-corrected chi connectivity index (χ1v) is 7.54. The van der Waals surface area contributed by atoms with Crippen LogP contribution < -0.4 is 0 Å². The van der Waals surface area contributed by atoms with Gasteiger partial charge in [0.05, 0.1) is 17.8 Å². The van der Waals surface area contributed by atoms with Gasteiger partial charge >= 0.3 is 0 Å². The van der Waals surface area contributed by atoms with Crippen LogP contribution in [0.15, 0.2) is 60.7 Å². The van der Waals surface area contributed by atoms with Crippen molar-refractivity contribution in [1.29, 1.82) is 5.26 Å². The maximum Gasteiger partial charge on any atom is 0.182 e. The van der Waals surface area contributed by atoms with Crippen molar-refractivity contribution >= 4 is 5.78 Å². The van der Waals surface area contributed by atoms with E-state index < -0.39 is 0 Å². The minimum atomic E-state index is -0.379. The molecule has 3 rings (SSSR count). The molecule has 0 saturated heterocycles. The van der Waals surface area contributed by atoms with Gasteiger partial charge in [0, 0.05) is 16.8 Å². The lowest BCUT2D eigenvalue weighted by atomic mass is 10.1. The number of Topliss-reactive ketones (excluding diaryl/α,β-unsaturated/α-hetero) is 1. The van der Waals surface area contributed by atoms with Gasteiger partial charge in [-0.05, 0) is 25.1 Å². The molecule has 0 unspecified atom stereocenters. The van der Waals surface area contributed by atoms with E-state index in [1.807, 2.05) is 25.1 Å². The van der Waals surface area contributed by atoms with Crippen LogP contribution in [0.4, 0.5) is 4.39 Å². The Bertz CT molecular complexity index is 936. The number of rotatable bonds is 4. The number of aromatic nitrogens is 1. The van der Waals surface area contributed by atoms with E-state index in [1.54, 1.807) is 34.9 Å². The number of nitrogens with zero attached hydrogens (tertiary/aromatic N) is 2. The number of nitriles is 1. The molecule has 0 bridgehead atoms. The van der Waals surface area contributed by atoms with Crippen molar-refractivity contribution in [2.75, 3.05) is 0 Å². The predicted molar refractivity (Wildman–Crippen MR) is 90.1 cm³/mol. The second-order valence-corrected chi connectivity index (χ2v) is 5.55. The van der Waals surface area contributed by atoms with E-state index in [2.05, 4.69) is 6.07 Å². The van der Waals surface area contributed by atoms with Gasteiger partial charge in [0.2, 0.25) is 0 Å². The van der Waals surface area contributed by atoms with Crippen molar-refractivity contribution in [3.63, 3.8) is 0 Å². The first kappa shape index (κ1) is 15.7. The molecule has 0 aliphatic heterocycles. The lowest BCUT2D eigenvalue weighted by Gasteiger charge is -2.12. The van der Waals surface area contributed by atoms with Gasteiger partial charge in [-0.15, -0.1) is 0 Å². The molecule has 3 nitrogen and oxygen atoms in total. The van der Waals surface area contributed by atoms with E-state index in [0.717, 1.165) is 5.69 Å². The number of carbonyl (C=O) groups is 1. The molecule has 0 spiro atoms. The SMILES string of the molecule is Cc1cc(C#N)c(-c2cccc(F)c2)n1CC(=O)c1ccccc1. The topological polar surface area (TPSA) is 45.8 Å². The van der Waals surface area contributed by atoms with Gasteiger partial charge in [0.1, 0.15) is 11.9 Å². The fraction of sp³-hybridized carbons (Fsp3) is 0.100. The third-order valence-electron chi connectivity index (χ3n) is 3.92. The Morgan fingerprint density at radius 3 is 2.54 bits per heavy atom. The monoisotopic (exact) mass is 318 g/mol. The van der Waals surface area contributed by atoms with Crippen LogP contribution in [0.3, 0.4) is 0 Å². The zero-order chi connectivity index (χ0) is 17.1. The summed E-state index contributed by atoms with van der Waals surface area (Å²) in [6.45, 7) is 1.94. The molecule has 24 heavy (non-hydrogen) atoms. The first-order valence-electron chi connectivity index (χ1n) is 7.54. The molecule has 0 fully saturated rings. The maximum absolute atomic E-state index is 13.6. The van der Waals surface area contributed by atoms with Gasteiger partial charge in [-0.25, -0.2) is 4.39 Å². The van der Waals surface area contributed by atoms with Crippen LogP contribution >= 0.6 is 0 Å². The van der Waals surface area contributed by atoms with Crippen LogP contribution in [0, 0.1) is 24.1 Å². The molecule has 2 aromatic carbocycles. The van der Waals surface area contributed by atoms with Crippen LogP contribution in [0.5, 0.6) is 0 Å². The highest BCUT2D eigenvalue weighted by molar-refractivity contribution is 5.96. The number of hydrogen-bond acceptors (Lipinski definition) is 2. The van der Waals surface area contributed by atoms with Crippen LogP contribution in [-0.4, -0.2) is 10.4 Å². The summed E-state index contributed by atoms with van der Waals surface area (Å²) in [5, 5.41) is 9.40. The Kier molecular flexibility index (Phi) is 4.26. The summed E-state index contributed by atoms with van der Waals surface area (Å²) in [4.78, 5) is 12.5. The van der Waals surface area contributed by atoms with Crippen LogP contribution in [-0.2, 0) is 6.54 Å². The van der Waals surface area contributed by atoms with Gasteiger partial charge < -0.3 is 4.57 Å². The van der Waals surface area contributed by atoms with Crippen molar-refractivity contribution in [2.45, 2.75) is 13.5 Å². The summed E-state index contributed by atoms with van der Waals surface area (Å²) in [5.74, 6) is -0.437. The molecule has 3 aromatic rings. The van der Waals surface area contributed by atoms with E-state index in [9.17, 15) is 14.4 Å². The average molecular weight is 318 g/mol. The van der Waals surface area contributed by atoms with Crippen molar-refractivity contribution < 1.29 is 9.18 Å². The lowest BCUT2D eigenvalue weighted by Crippen LogP contribution is -2.12. The molecule has 0 atom stereocenters. The molecule has 4 heteroatoms. The van der Waals surface area contributed by atoms with Gasteiger partial charge in [-0.2, -0.15) is 5.26 Å². The Morgan fingerprint density at radius 2 is 1.88 bits per heavy atom. The molecule has 1 aromatic heterocycles. The van der Waals surface area contributed by atoms with Crippen molar-refractivity contribution in [1.82, 2.24) is 4.57 Å². The summed E-state index contributed by atoms with van der Waals surface area (Å²) in [6.07, 6.45) is 0. The van der Waals surface area contributed by atoms with E-state index in [4.69, 9.17) is 0 Å². The highest BCUT2D eigenvalue weighted by Crippen LogP contribution is 2.28. The second-order valence-electron chi connectivity index (χ2n) is 5.55. The Labute approximate surface area is 139 Å². The van der Waals surface area contributed by atoms with Crippen LogP contribution in [0.2, 0.25) is 0 Å². The fourth-order valence-electron chi connectivity index (χ4n) is 2.77. The maximum atomic E-state index is 13.6. The number of benzene rings is 2. The highest BCUT2D eigenvalue weighted by atomic mass is 19.1. The Morgan fingerprint density at radius 1 is 1.12 bits per heavy atom. The minimum absolute atomic E-state index is 0.0588. The predicted octanol–water partition coefficient (Wildman–Crippen LogP) is 4.36. The first-order chi connectivity index (χ1) is 11.6. The molecule has 0 amide bonds. The number of carbonyl (C=O) groups excluding carboxylic acids is 1. The quantitative estimate of drug-likeness (QED) is 0.671. The smallest absolute Gasteiger partial charge is 0.182 e. The van der Waals surface area contributed by atoms with E-state index >= 15 is 0 Å². The average Bonchev–Trinajstić information content (AvgIpc) is 2.91. The van der Waals surface area contributed by atoms with E-state index in [0.29, 0.717) is 22.4 Å². The summed E-state index contributed by atoms with van der Waals surface area (Å²) < 4.78 is 15.4. The fourth-order valence-corrected chi connectivity index (χ4v) is 2.77. The van der Waals surface area contributed by atoms with Crippen LogP contribution in [0.25, 0.3) is 11.3 Å². The largest absolute Gasteiger partial charge is 0.336 e. The minimum Gasteiger partial charge on any atom is -0.336 e. The molecule has 118 valence electrons. The summed E-state index contributed by atoms with van der Waals surface area (Å²) in [5.41, 5.74) is 2.97. The summed E-state index contributed by atoms with van der Waals surface area (Å²) in [7, 11) is 0. The lowest BCUT2D eigenvalue weighted by molar-refractivity contribution is 0.0972. The van der Waals surface area contributed by atoms with Crippen molar-refractivity contribution in [2.24, 2.45) is 0 Å². The molecule has 0 radical (unpaired) electrons. The normalized spacial score (nSPS) is 10.4.